The average Bonchev–Trinajstić information content (AvgIpc) is 2.67. The fourth-order valence-corrected chi connectivity index (χ4v) is 3.46. The Morgan fingerprint density at radius 2 is 1.88 bits per heavy atom. The van der Waals surface area contributed by atoms with Crippen molar-refractivity contribution in [3.8, 4) is 0 Å². The first kappa shape index (κ1) is 17.2. The van der Waals surface area contributed by atoms with Gasteiger partial charge in [0.25, 0.3) is 0 Å². The summed E-state index contributed by atoms with van der Waals surface area (Å²) in [6.45, 7) is 4.91. The number of hydrogen-bond donors (Lipinski definition) is 1. The predicted octanol–water partition coefficient (Wildman–Crippen LogP) is 3.15. The molecule has 0 spiro atoms. The molecule has 26 heavy (non-hydrogen) atoms. The van der Waals surface area contributed by atoms with Gasteiger partial charge in [0.2, 0.25) is 0 Å². The lowest BCUT2D eigenvalue weighted by Crippen LogP contribution is -2.44. The maximum Gasteiger partial charge on any atom is 0.137 e. The molecule has 134 valence electrons. The van der Waals surface area contributed by atoms with Gasteiger partial charge < -0.3 is 15.1 Å². The fraction of sp³-hybridized carbons (Fsp3) is 0.316. The monoisotopic (exact) mass is 412 g/mol. The minimum Gasteiger partial charge on any atom is -0.365 e. The number of fused-ring (bicyclic) bond motifs is 1. The fourth-order valence-electron chi connectivity index (χ4n) is 3.10. The molecule has 0 unspecified atom stereocenters. The number of nitrogens with zero attached hydrogens (tertiary/aromatic N) is 5. The molecule has 0 saturated carbocycles. The summed E-state index contributed by atoms with van der Waals surface area (Å²) in [5.41, 5.74) is 2.05. The van der Waals surface area contributed by atoms with Gasteiger partial charge in [-0.2, -0.15) is 0 Å². The van der Waals surface area contributed by atoms with E-state index in [0.717, 1.165) is 58.8 Å². The van der Waals surface area contributed by atoms with Crippen LogP contribution in [0.25, 0.3) is 10.9 Å². The summed E-state index contributed by atoms with van der Waals surface area (Å²) in [6, 6.07) is 10.2. The Labute approximate surface area is 161 Å². The highest BCUT2D eigenvalue weighted by molar-refractivity contribution is 9.10. The number of pyridine rings is 1. The summed E-state index contributed by atoms with van der Waals surface area (Å²) in [4.78, 5) is 18.0. The Balaban J connectivity index is 1.44. The van der Waals surface area contributed by atoms with Crippen molar-refractivity contribution in [2.45, 2.75) is 6.54 Å². The van der Waals surface area contributed by atoms with E-state index in [-0.39, 0.29) is 0 Å². The van der Waals surface area contributed by atoms with Crippen LogP contribution in [0.15, 0.2) is 47.3 Å². The standard InChI is InChI=1S/C19H21BrN6/c1-25-6-8-26(9-7-25)18-5-2-14(11-21-18)12-22-19-16-10-15(20)3-4-17(16)23-13-24-19/h2-5,10-11,13H,6-9,12H2,1H3,(H,22,23,24). The summed E-state index contributed by atoms with van der Waals surface area (Å²) in [6.07, 6.45) is 3.53. The Morgan fingerprint density at radius 1 is 1.04 bits per heavy atom. The number of benzene rings is 1. The van der Waals surface area contributed by atoms with Crippen LogP contribution < -0.4 is 10.2 Å². The smallest absolute Gasteiger partial charge is 0.137 e. The highest BCUT2D eigenvalue weighted by Gasteiger charge is 2.15. The van der Waals surface area contributed by atoms with Crippen molar-refractivity contribution >= 4 is 38.5 Å². The van der Waals surface area contributed by atoms with E-state index < -0.39 is 0 Å². The zero-order valence-corrected chi connectivity index (χ0v) is 16.3. The van der Waals surface area contributed by atoms with Crippen molar-refractivity contribution in [2.75, 3.05) is 43.4 Å². The number of anilines is 2. The third-order valence-electron chi connectivity index (χ3n) is 4.69. The van der Waals surface area contributed by atoms with Gasteiger partial charge in [0.05, 0.1) is 5.52 Å². The molecule has 3 heterocycles. The predicted molar refractivity (Wildman–Crippen MR) is 109 cm³/mol. The zero-order chi connectivity index (χ0) is 17.9. The topological polar surface area (TPSA) is 57.2 Å². The molecule has 1 fully saturated rings. The molecule has 3 aromatic rings. The Hall–Kier alpha value is -2.25. The molecular weight excluding hydrogens is 392 g/mol. The van der Waals surface area contributed by atoms with E-state index in [4.69, 9.17) is 0 Å². The number of nitrogens with one attached hydrogen (secondary N) is 1. The first-order valence-electron chi connectivity index (χ1n) is 8.71. The van der Waals surface area contributed by atoms with Crippen LogP contribution in [0.3, 0.4) is 0 Å². The second kappa shape index (κ2) is 7.55. The largest absolute Gasteiger partial charge is 0.365 e. The van der Waals surface area contributed by atoms with Crippen molar-refractivity contribution in [1.29, 1.82) is 0 Å². The van der Waals surface area contributed by atoms with E-state index in [9.17, 15) is 0 Å². The minimum absolute atomic E-state index is 0.675. The number of aromatic nitrogens is 3. The van der Waals surface area contributed by atoms with Gasteiger partial charge in [-0.15, -0.1) is 0 Å². The quantitative estimate of drug-likeness (QED) is 0.709. The van der Waals surface area contributed by atoms with Crippen LogP contribution in [0.1, 0.15) is 5.56 Å². The second-order valence-electron chi connectivity index (χ2n) is 6.55. The Bertz CT molecular complexity index is 890. The number of hydrogen-bond acceptors (Lipinski definition) is 6. The first-order chi connectivity index (χ1) is 12.7. The van der Waals surface area contributed by atoms with E-state index in [2.05, 4.69) is 65.2 Å². The molecule has 6 nitrogen and oxygen atoms in total. The zero-order valence-electron chi connectivity index (χ0n) is 14.7. The molecule has 4 rings (SSSR count). The van der Waals surface area contributed by atoms with Crippen LogP contribution in [0.5, 0.6) is 0 Å². The molecule has 0 radical (unpaired) electrons. The molecule has 2 aromatic heterocycles. The number of rotatable bonds is 4. The van der Waals surface area contributed by atoms with Crippen LogP contribution in [0.4, 0.5) is 11.6 Å². The van der Waals surface area contributed by atoms with Gasteiger partial charge in [0.15, 0.2) is 0 Å². The lowest BCUT2D eigenvalue weighted by molar-refractivity contribution is 0.312. The van der Waals surface area contributed by atoms with Gasteiger partial charge in [0, 0.05) is 48.8 Å². The Morgan fingerprint density at radius 3 is 2.65 bits per heavy atom. The van der Waals surface area contributed by atoms with Crippen LogP contribution in [-0.2, 0) is 6.54 Å². The molecule has 1 saturated heterocycles. The minimum atomic E-state index is 0.675. The van der Waals surface area contributed by atoms with Crippen molar-refractivity contribution in [3.05, 3.63) is 52.9 Å². The molecule has 7 heteroatoms. The van der Waals surface area contributed by atoms with Gasteiger partial charge in [-0.05, 0) is 36.9 Å². The number of piperazine rings is 1. The van der Waals surface area contributed by atoms with Crippen molar-refractivity contribution in [1.82, 2.24) is 19.9 Å². The van der Waals surface area contributed by atoms with Crippen LogP contribution >= 0.6 is 15.9 Å². The van der Waals surface area contributed by atoms with Gasteiger partial charge in [-0.1, -0.05) is 22.0 Å². The molecule has 1 aliphatic heterocycles. The summed E-state index contributed by atoms with van der Waals surface area (Å²) in [5.74, 6) is 1.89. The third-order valence-corrected chi connectivity index (χ3v) is 5.19. The summed E-state index contributed by atoms with van der Waals surface area (Å²) >= 11 is 3.51. The van der Waals surface area contributed by atoms with E-state index in [1.54, 1.807) is 6.33 Å². The van der Waals surface area contributed by atoms with Crippen LogP contribution in [-0.4, -0.2) is 53.1 Å². The van der Waals surface area contributed by atoms with Gasteiger partial charge in [-0.3, -0.25) is 0 Å². The normalized spacial score (nSPS) is 15.4. The van der Waals surface area contributed by atoms with E-state index >= 15 is 0 Å². The first-order valence-corrected chi connectivity index (χ1v) is 9.51. The van der Waals surface area contributed by atoms with Crippen molar-refractivity contribution < 1.29 is 0 Å². The maximum atomic E-state index is 4.64. The van der Waals surface area contributed by atoms with Crippen LogP contribution in [0.2, 0.25) is 0 Å². The lowest BCUT2D eigenvalue weighted by atomic mass is 10.2. The van der Waals surface area contributed by atoms with Crippen molar-refractivity contribution in [2.24, 2.45) is 0 Å². The molecule has 0 aliphatic carbocycles. The highest BCUT2D eigenvalue weighted by atomic mass is 79.9. The number of halogens is 1. The maximum absolute atomic E-state index is 4.64. The van der Waals surface area contributed by atoms with Crippen LogP contribution in [0, 0.1) is 0 Å². The lowest BCUT2D eigenvalue weighted by Gasteiger charge is -2.33. The summed E-state index contributed by atoms with van der Waals surface area (Å²) < 4.78 is 1.01. The SMILES string of the molecule is CN1CCN(c2ccc(CNc3ncnc4ccc(Br)cc34)cn2)CC1. The highest BCUT2D eigenvalue weighted by Crippen LogP contribution is 2.23. The van der Waals surface area contributed by atoms with Gasteiger partial charge in [-0.25, -0.2) is 15.0 Å². The average molecular weight is 413 g/mol. The second-order valence-corrected chi connectivity index (χ2v) is 7.47. The molecule has 1 aromatic carbocycles. The third kappa shape index (κ3) is 3.78. The molecule has 1 aliphatic rings. The molecule has 0 atom stereocenters. The molecule has 1 N–H and O–H groups in total. The van der Waals surface area contributed by atoms with Crippen molar-refractivity contribution in [3.63, 3.8) is 0 Å². The summed E-state index contributed by atoms with van der Waals surface area (Å²) in [5, 5.41) is 4.41. The molecule has 0 amide bonds. The number of likely N-dealkylation sites (N-methyl/N-ethyl adjacent to an activating group) is 1. The van der Waals surface area contributed by atoms with E-state index in [1.807, 2.05) is 24.4 Å². The Kier molecular flexibility index (Phi) is 4.99. The molecular formula is C19H21BrN6. The summed E-state index contributed by atoms with van der Waals surface area (Å²) in [7, 11) is 2.16. The van der Waals surface area contributed by atoms with Gasteiger partial charge >= 0.3 is 0 Å². The van der Waals surface area contributed by atoms with Gasteiger partial charge in [0.1, 0.15) is 18.0 Å². The molecule has 0 bridgehead atoms. The van der Waals surface area contributed by atoms with E-state index in [1.165, 1.54) is 0 Å². The van der Waals surface area contributed by atoms with E-state index in [0.29, 0.717) is 6.54 Å².